The van der Waals surface area contributed by atoms with E-state index in [4.69, 9.17) is 11.6 Å². The van der Waals surface area contributed by atoms with Gasteiger partial charge in [-0.2, -0.15) is 0 Å². The van der Waals surface area contributed by atoms with Crippen LogP contribution in [0.1, 0.15) is 10.4 Å². The standard InChI is InChI=1S/C8H5ClI2O2/c1-13-8(12)4-2-7(11)5(9)3-6(4)10/h2-3H,1H3. The second-order valence-corrected chi connectivity index (χ2v) is 4.97. The zero-order valence-electron chi connectivity index (χ0n) is 6.61. The molecule has 0 aliphatic heterocycles. The van der Waals surface area contributed by atoms with Crippen LogP contribution in [0.2, 0.25) is 5.02 Å². The molecule has 2 nitrogen and oxygen atoms in total. The van der Waals surface area contributed by atoms with Gasteiger partial charge in [0.2, 0.25) is 0 Å². The molecule has 1 rings (SSSR count). The number of methoxy groups -OCH3 is 1. The van der Waals surface area contributed by atoms with E-state index >= 15 is 0 Å². The molecule has 0 aliphatic carbocycles. The largest absolute Gasteiger partial charge is 0.465 e. The minimum Gasteiger partial charge on any atom is -0.465 e. The third-order valence-corrected chi connectivity index (χ3v) is 3.83. The molecule has 0 aliphatic rings. The summed E-state index contributed by atoms with van der Waals surface area (Å²) in [7, 11) is 1.36. The molecule has 0 heterocycles. The Hall–Kier alpha value is 0.440. The van der Waals surface area contributed by atoms with Crippen molar-refractivity contribution in [1.82, 2.24) is 0 Å². The van der Waals surface area contributed by atoms with Crippen molar-refractivity contribution < 1.29 is 9.53 Å². The maximum atomic E-state index is 11.2. The van der Waals surface area contributed by atoms with Gasteiger partial charge in [0.15, 0.2) is 0 Å². The van der Waals surface area contributed by atoms with Crippen LogP contribution in [0.25, 0.3) is 0 Å². The summed E-state index contributed by atoms with van der Waals surface area (Å²) in [5.41, 5.74) is 0.553. The number of hydrogen-bond acceptors (Lipinski definition) is 2. The number of rotatable bonds is 1. The Bertz CT molecular complexity index is 352. The molecule has 0 aromatic heterocycles. The van der Waals surface area contributed by atoms with Crippen molar-refractivity contribution in [1.29, 1.82) is 0 Å². The highest BCUT2D eigenvalue weighted by Crippen LogP contribution is 2.24. The Balaban J connectivity index is 3.23. The van der Waals surface area contributed by atoms with Crippen LogP contribution in [0.15, 0.2) is 12.1 Å². The SMILES string of the molecule is COC(=O)c1cc(I)c(Cl)cc1I. The number of hydrogen-bond donors (Lipinski definition) is 0. The Kier molecular flexibility index (Phi) is 4.24. The average Bonchev–Trinajstić information content (AvgIpc) is 2.10. The van der Waals surface area contributed by atoms with Crippen molar-refractivity contribution in [3.05, 3.63) is 29.9 Å². The van der Waals surface area contributed by atoms with Crippen molar-refractivity contribution in [3.63, 3.8) is 0 Å². The summed E-state index contributed by atoms with van der Waals surface area (Å²) in [5.74, 6) is -0.334. The van der Waals surface area contributed by atoms with Gasteiger partial charge in [-0.3, -0.25) is 0 Å². The number of esters is 1. The van der Waals surface area contributed by atoms with Gasteiger partial charge >= 0.3 is 5.97 Å². The number of ether oxygens (including phenoxy) is 1. The molecule has 0 fully saturated rings. The van der Waals surface area contributed by atoms with Crippen molar-refractivity contribution >= 4 is 62.8 Å². The van der Waals surface area contributed by atoms with E-state index in [1.807, 2.05) is 0 Å². The zero-order valence-corrected chi connectivity index (χ0v) is 11.7. The highest BCUT2D eigenvalue weighted by molar-refractivity contribution is 14.1. The second-order valence-electron chi connectivity index (χ2n) is 2.24. The zero-order chi connectivity index (χ0) is 10.0. The van der Waals surface area contributed by atoms with Crippen molar-refractivity contribution in [2.45, 2.75) is 0 Å². The van der Waals surface area contributed by atoms with Gasteiger partial charge in [0, 0.05) is 7.14 Å². The van der Waals surface area contributed by atoms with Crippen molar-refractivity contribution in [2.24, 2.45) is 0 Å². The maximum absolute atomic E-state index is 11.2. The third-order valence-electron chi connectivity index (χ3n) is 1.42. The summed E-state index contributed by atoms with van der Waals surface area (Å²) in [6, 6.07) is 3.46. The molecule has 13 heavy (non-hydrogen) atoms. The summed E-state index contributed by atoms with van der Waals surface area (Å²) in [6.45, 7) is 0. The number of benzene rings is 1. The van der Waals surface area contributed by atoms with E-state index in [1.54, 1.807) is 12.1 Å². The number of carbonyl (C=O) groups excluding carboxylic acids is 1. The molecule has 1 aromatic rings. The molecule has 0 radical (unpaired) electrons. The van der Waals surface area contributed by atoms with Crippen molar-refractivity contribution in [3.8, 4) is 0 Å². The molecule has 5 heteroatoms. The van der Waals surface area contributed by atoms with E-state index in [2.05, 4.69) is 49.9 Å². The summed E-state index contributed by atoms with van der Waals surface area (Å²) in [6.07, 6.45) is 0. The molecular weight excluding hydrogens is 417 g/mol. The molecule has 0 saturated carbocycles. The maximum Gasteiger partial charge on any atom is 0.338 e. The van der Waals surface area contributed by atoms with Crippen LogP contribution in [0, 0.1) is 7.14 Å². The second kappa shape index (κ2) is 4.79. The predicted octanol–water partition coefficient (Wildman–Crippen LogP) is 3.34. The van der Waals surface area contributed by atoms with Crippen LogP contribution in [-0.2, 0) is 4.74 Å². The first-order valence-corrected chi connectivity index (χ1v) is 5.82. The lowest BCUT2D eigenvalue weighted by Crippen LogP contribution is -2.04. The van der Waals surface area contributed by atoms with Gasteiger partial charge in [0.1, 0.15) is 0 Å². The molecule has 0 N–H and O–H groups in total. The lowest BCUT2D eigenvalue weighted by atomic mass is 10.2. The molecule has 0 bridgehead atoms. The Morgan fingerprint density at radius 3 is 2.54 bits per heavy atom. The first kappa shape index (κ1) is 11.5. The first-order valence-electron chi connectivity index (χ1n) is 3.29. The molecule has 0 saturated heterocycles. The van der Waals surface area contributed by atoms with E-state index in [1.165, 1.54) is 7.11 Å². The molecule has 1 aromatic carbocycles. The fourth-order valence-corrected chi connectivity index (χ4v) is 2.29. The topological polar surface area (TPSA) is 26.3 Å². The Labute approximate surface area is 108 Å². The number of carbonyl (C=O) groups is 1. The van der Waals surface area contributed by atoms with E-state index < -0.39 is 0 Å². The lowest BCUT2D eigenvalue weighted by molar-refractivity contribution is 0.0599. The van der Waals surface area contributed by atoms with Crippen molar-refractivity contribution in [2.75, 3.05) is 7.11 Å². The average molecular weight is 422 g/mol. The molecular formula is C8H5ClI2O2. The Morgan fingerprint density at radius 1 is 1.38 bits per heavy atom. The molecule has 0 spiro atoms. The van der Waals surface area contributed by atoms with Gasteiger partial charge in [-0.15, -0.1) is 0 Å². The van der Waals surface area contributed by atoms with Crippen LogP contribution < -0.4 is 0 Å². The van der Waals surface area contributed by atoms with Gasteiger partial charge in [-0.05, 0) is 57.3 Å². The van der Waals surface area contributed by atoms with Crippen LogP contribution in [0.4, 0.5) is 0 Å². The van der Waals surface area contributed by atoms with Gasteiger partial charge in [-0.1, -0.05) is 11.6 Å². The summed E-state index contributed by atoms with van der Waals surface area (Å²) in [4.78, 5) is 11.2. The van der Waals surface area contributed by atoms with Crippen LogP contribution in [-0.4, -0.2) is 13.1 Å². The van der Waals surface area contributed by atoms with Gasteiger partial charge in [-0.25, -0.2) is 4.79 Å². The lowest BCUT2D eigenvalue weighted by Gasteiger charge is -2.04. The van der Waals surface area contributed by atoms with E-state index in [0.717, 1.165) is 7.14 Å². The quantitative estimate of drug-likeness (QED) is 0.394. The molecule has 0 amide bonds. The summed E-state index contributed by atoms with van der Waals surface area (Å²) < 4.78 is 6.27. The molecule has 0 unspecified atom stereocenters. The van der Waals surface area contributed by atoms with E-state index in [0.29, 0.717) is 10.6 Å². The van der Waals surface area contributed by atoms with E-state index in [9.17, 15) is 4.79 Å². The highest BCUT2D eigenvalue weighted by Gasteiger charge is 2.12. The minimum absolute atomic E-state index is 0.334. The van der Waals surface area contributed by atoms with E-state index in [-0.39, 0.29) is 5.97 Å². The fraction of sp³-hybridized carbons (Fsp3) is 0.125. The molecule has 0 atom stereocenters. The normalized spacial score (nSPS) is 9.85. The summed E-state index contributed by atoms with van der Waals surface area (Å²) >= 11 is 10.00. The monoisotopic (exact) mass is 422 g/mol. The third kappa shape index (κ3) is 2.69. The van der Waals surface area contributed by atoms with Gasteiger partial charge in [0.05, 0.1) is 17.7 Å². The van der Waals surface area contributed by atoms with Crippen LogP contribution in [0.3, 0.4) is 0 Å². The van der Waals surface area contributed by atoms with Crippen LogP contribution in [0.5, 0.6) is 0 Å². The summed E-state index contributed by atoms with van der Waals surface area (Å²) in [5, 5.41) is 0.651. The number of halogens is 3. The first-order chi connectivity index (χ1) is 6.06. The predicted molar refractivity (Wildman–Crippen MR) is 68.2 cm³/mol. The Morgan fingerprint density at radius 2 is 2.00 bits per heavy atom. The molecule has 70 valence electrons. The smallest absolute Gasteiger partial charge is 0.338 e. The van der Waals surface area contributed by atoms with Gasteiger partial charge < -0.3 is 4.74 Å². The van der Waals surface area contributed by atoms with Gasteiger partial charge in [0.25, 0.3) is 0 Å². The van der Waals surface area contributed by atoms with Crippen LogP contribution >= 0.6 is 56.8 Å². The minimum atomic E-state index is -0.334. The fourth-order valence-electron chi connectivity index (χ4n) is 0.789. The highest BCUT2D eigenvalue weighted by atomic mass is 127.